The molecule has 2 aromatic rings. The van der Waals surface area contributed by atoms with Gasteiger partial charge >= 0.3 is 6.18 Å². The molecule has 2 aromatic heterocycles. The van der Waals surface area contributed by atoms with E-state index in [1.807, 2.05) is 0 Å². The fourth-order valence-electron chi connectivity index (χ4n) is 1.94. The molecular weight excluding hydrogens is 303 g/mol. The molecule has 22 heavy (non-hydrogen) atoms. The Labute approximate surface area is 124 Å². The zero-order valence-corrected chi connectivity index (χ0v) is 12.0. The standard InChI is InChI=1S/C13H14F3N3O3/c1-19-9(4-8(18-19)12(20)22-3)7-6-17-11(13(14,15)16)5-10(7)21-2/h4-6,12,20H,1-3H3. The first-order chi connectivity index (χ1) is 10.3. The maximum atomic E-state index is 12.7. The maximum Gasteiger partial charge on any atom is 0.433 e. The van der Waals surface area contributed by atoms with Gasteiger partial charge in [0, 0.05) is 26.4 Å². The molecule has 6 nitrogen and oxygen atoms in total. The zero-order valence-electron chi connectivity index (χ0n) is 12.0. The number of aliphatic hydroxyl groups is 1. The van der Waals surface area contributed by atoms with Gasteiger partial charge in [-0.2, -0.15) is 18.3 Å². The van der Waals surface area contributed by atoms with Crippen LogP contribution in [0.5, 0.6) is 5.75 Å². The number of hydrogen-bond acceptors (Lipinski definition) is 5. The quantitative estimate of drug-likeness (QED) is 0.875. The van der Waals surface area contributed by atoms with Crippen molar-refractivity contribution in [2.75, 3.05) is 14.2 Å². The van der Waals surface area contributed by atoms with Gasteiger partial charge in [-0.15, -0.1) is 0 Å². The molecule has 0 aliphatic carbocycles. The first-order valence-corrected chi connectivity index (χ1v) is 6.14. The van der Waals surface area contributed by atoms with Crippen molar-refractivity contribution in [3.63, 3.8) is 0 Å². The molecule has 0 spiro atoms. The summed E-state index contributed by atoms with van der Waals surface area (Å²) in [5.74, 6) is 0.00350. The van der Waals surface area contributed by atoms with Crippen LogP contribution in [-0.2, 0) is 18.0 Å². The van der Waals surface area contributed by atoms with Crippen molar-refractivity contribution in [3.8, 4) is 17.0 Å². The van der Waals surface area contributed by atoms with Gasteiger partial charge in [-0.3, -0.25) is 9.67 Å². The monoisotopic (exact) mass is 317 g/mol. The van der Waals surface area contributed by atoms with E-state index in [4.69, 9.17) is 9.47 Å². The number of ether oxygens (including phenoxy) is 2. The number of halogens is 3. The van der Waals surface area contributed by atoms with Crippen LogP contribution in [0.2, 0.25) is 0 Å². The average Bonchev–Trinajstić information content (AvgIpc) is 2.86. The minimum Gasteiger partial charge on any atom is -0.496 e. The van der Waals surface area contributed by atoms with Crippen molar-refractivity contribution < 1.29 is 27.8 Å². The number of aliphatic hydroxyl groups excluding tert-OH is 1. The Morgan fingerprint density at radius 2 is 1.95 bits per heavy atom. The summed E-state index contributed by atoms with van der Waals surface area (Å²) in [5, 5.41) is 13.6. The van der Waals surface area contributed by atoms with Crippen LogP contribution in [0.3, 0.4) is 0 Å². The second kappa shape index (κ2) is 5.93. The van der Waals surface area contributed by atoms with E-state index in [-0.39, 0.29) is 11.4 Å². The second-order valence-electron chi connectivity index (χ2n) is 4.43. The van der Waals surface area contributed by atoms with Crippen LogP contribution in [0.15, 0.2) is 18.3 Å². The number of pyridine rings is 1. The molecular formula is C13H14F3N3O3. The minimum atomic E-state index is -4.56. The van der Waals surface area contributed by atoms with Gasteiger partial charge in [0.2, 0.25) is 0 Å². The topological polar surface area (TPSA) is 69.4 Å². The molecule has 0 amide bonds. The normalized spacial score (nSPS) is 13.2. The highest BCUT2D eigenvalue weighted by atomic mass is 19.4. The van der Waals surface area contributed by atoms with E-state index in [9.17, 15) is 18.3 Å². The van der Waals surface area contributed by atoms with Crippen molar-refractivity contribution in [1.82, 2.24) is 14.8 Å². The highest BCUT2D eigenvalue weighted by Gasteiger charge is 2.33. The molecule has 0 aliphatic rings. The summed E-state index contributed by atoms with van der Waals surface area (Å²) >= 11 is 0. The smallest absolute Gasteiger partial charge is 0.433 e. The van der Waals surface area contributed by atoms with Crippen molar-refractivity contribution >= 4 is 0 Å². The molecule has 0 fully saturated rings. The zero-order chi connectivity index (χ0) is 16.5. The Kier molecular flexibility index (Phi) is 4.38. The molecule has 1 atom stereocenters. The molecule has 9 heteroatoms. The fourth-order valence-corrected chi connectivity index (χ4v) is 1.94. The van der Waals surface area contributed by atoms with Crippen LogP contribution < -0.4 is 4.74 Å². The summed E-state index contributed by atoms with van der Waals surface area (Å²) in [6.45, 7) is 0. The molecule has 0 saturated carbocycles. The predicted molar refractivity (Wildman–Crippen MR) is 70.0 cm³/mol. The van der Waals surface area contributed by atoms with Gasteiger partial charge in [0.15, 0.2) is 6.29 Å². The minimum absolute atomic E-state index is 0.00350. The van der Waals surface area contributed by atoms with Gasteiger partial charge in [-0.25, -0.2) is 0 Å². The predicted octanol–water partition coefficient (Wildman–Crippen LogP) is 2.15. The van der Waals surface area contributed by atoms with Crippen LogP contribution in [0, 0.1) is 0 Å². The molecule has 2 heterocycles. The summed E-state index contributed by atoms with van der Waals surface area (Å²) in [7, 11) is 4.15. The lowest BCUT2D eigenvalue weighted by molar-refractivity contribution is -0.141. The van der Waals surface area contributed by atoms with E-state index >= 15 is 0 Å². The molecule has 0 radical (unpaired) electrons. The van der Waals surface area contributed by atoms with Crippen molar-refractivity contribution in [2.45, 2.75) is 12.5 Å². The van der Waals surface area contributed by atoms with Crippen LogP contribution in [0.1, 0.15) is 17.7 Å². The summed E-state index contributed by atoms with van der Waals surface area (Å²) in [4.78, 5) is 3.41. The van der Waals surface area contributed by atoms with Gasteiger partial charge in [-0.1, -0.05) is 0 Å². The van der Waals surface area contributed by atoms with E-state index in [2.05, 4.69) is 10.1 Å². The van der Waals surface area contributed by atoms with E-state index in [0.29, 0.717) is 11.3 Å². The Balaban J connectivity index is 2.51. The average molecular weight is 317 g/mol. The van der Waals surface area contributed by atoms with Crippen LogP contribution >= 0.6 is 0 Å². The van der Waals surface area contributed by atoms with Gasteiger partial charge in [0.05, 0.1) is 18.4 Å². The van der Waals surface area contributed by atoms with Gasteiger partial charge < -0.3 is 14.6 Å². The van der Waals surface area contributed by atoms with E-state index in [1.165, 1.54) is 25.0 Å². The molecule has 0 aliphatic heterocycles. The number of hydrogen-bond donors (Lipinski definition) is 1. The first kappa shape index (κ1) is 16.2. The third-order valence-corrected chi connectivity index (χ3v) is 3.03. The SMILES string of the molecule is COc1cc(C(F)(F)F)ncc1-c1cc(C(O)OC)nn1C. The Bertz CT molecular complexity index is 670. The summed E-state index contributed by atoms with van der Waals surface area (Å²) in [6.07, 6.45) is -4.73. The van der Waals surface area contributed by atoms with Crippen molar-refractivity contribution in [1.29, 1.82) is 0 Å². The number of aryl methyl sites for hydroxylation is 1. The Morgan fingerprint density at radius 1 is 1.27 bits per heavy atom. The molecule has 0 bridgehead atoms. The third-order valence-electron chi connectivity index (χ3n) is 3.03. The van der Waals surface area contributed by atoms with Crippen LogP contribution in [-0.4, -0.2) is 34.1 Å². The summed E-state index contributed by atoms with van der Waals surface area (Å²) in [5.41, 5.74) is -0.0707. The first-order valence-electron chi connectivity index (χ1n) is 6.14. The molecule has 0 saturated heterocycles. The number of aromatic nitrogens is 3. The lowest BCUT2D eigenvalue weighted by Crippen LogP contribution is -2.08. The summed E-state index contributed by atoms with van der Waals surface area (Å²) < 4.78 is 49.2. The fraction of sp³-hybridized carbons (Fsp3) is 0.385. The number of methoxy groups -OCH3 is 2. The van der Waals surface area contributed by atoms with Crippen LogP contribution in [0.4, 0.5) is 13.2 Å². The molecule has 120 valence electrons. The highest BCUT2D eigenvalue weighted by molar-refractivity contribution is 5.67. The lowest BCUT2D eigenvalue weighted by Gasteiger charge is -2.11. The number of rotatable bonds is 4. The van der Waals surface area contributed by atoms with Gasteiger partial charge in [-0.05, 0) is 6.07 Å². The Hall–Kier alpha value is -2.13. The molecule has 1 unspecified atom stereocenters. The van der Waals surface area contributed by atoms with E-state index < -0.39 is 18.2 Å². The molecule has 2 rings (SSSR count). The van der Waals surface area contributed by atoms with Crippen molar-refractivity contribution in [2.24, 2.45) is 7.05 Å². The van der Waals surface area contributed by atoms with Crippen molar-refractivity contribution in [3.05, 3.63) is 29.7 Å². The van der Waals surface area contributed by atoms with Gasteiger partial charge in [0.1, 0.15) is 17.1 Å². The number of alkyl halides is 3. The van der Waals surface area contributed by atoms with E-state index in [1.54, 1.807) is 7.05 Å². The third kappa shape index (κ3) is 3.04. The summed E-state index contributed by atoms with van der Waals surface area (Å²) in [6, 6.07) is 2.30. The van der Waals surface area contributed by atoms with E-state index in [0.717, 1.165) is 12.3 Å². The van der Waals surface area contributed by atoms with Gasteiger partial charge in [0.25, 0.3) is 0 Å². The molecule has 1 N–H and O–H groups in total. The lowest BCUT2D eigenvalue weighted by atomic mass is 10.1. The highest BCUT2D eigenvalue weighted by Crippen LogP contribution is 2.35. The molecule has 0 aromatic carbocycles. The van der Waals surface area contributed by atoms with Crippen LogP contribution in [0.25, 0.3) is 11.3 Å². The maximum absolute atomic E-state index is 12.7. The Morgan fingerprint density at radius 3 is 2.50 bits per heavy atom. The number of nitrogens with zero attached hydrogens (tertiary/aromatic N) is 3. The second-order valence-corrected chi connectivity index (χ2v) is 4.43. The largest absolute Gasteiger partial charge is 0.496 e.